The largest absolute Gasteiger partial charge is 0.321 e. The molecule has 2 aromatic heterocycles. The third kappa shape index (κ3) is 2.02. The van der Waals surface area contributed by atoms with Gasteiger partial charge in [-0.15, -0.1) is 0 Å². The molecule has 5 heteroatoms. The number of para-hydroxylation sites is 2. The highest BCUT2D eigenvalue weighted by molar-refractivity contribution is 5.84. The van der Waals surface area contributed by atoms with Gasteiger partial charge in [-0.05, 0) is 37.6 Å². The molecule has 0 aliphatic carbocycles. The molecule has 2 atom stereocenters. The third-order valence-corrected chi connectivity index (χ3v) is 6.53. The molecule has 2 unspecified atom stereocenters. The quantitative estimate of drug-likeness (QED) is 0.415. The Morgan fingerprint density at radius 3 is 2.83 bits per heavy atom. The van der Waals surface area contributed by atoms with Crippen molar-refractivity contribution >= 4 is 22.5 Å². The van der Waals surface area contributed by atoms with Gasteiger partial charge < -0.3 is 4.90 Å². The Morgan fingerprint density at radius 2 is 1.97 bits per heavy atom. The zero-order valence-corrected chi connectivity index (χ0v) is 16.6. The molecule has 5 nitrogen and oxygen atoms in total. The predicted molar refractivity (Wildman–Crippen MR) is 115 cm³/mol. The van der Waals surface area contributed by atoms with Gasteiger partial charge in [-0.3, -0.25) is 9.55 Å². The number of anilines is 2. The number of hydrogen-bond acceptors (Lipinski definition) is 4. The van der Waals surface area contributed by atoms with Gasteiger partial charge in [0.05, 0.1) is 28.1 Å². The molecule has 4 aromatic rings. The Hall–Kier alpha value is -3.21. The fourth-order valence-corrected chi connectivity index (χ4v) is 4.90. The second kappa shape index (κ2) is 5.44. The molecule has 2 aliphatic rings. The number of imidazole rings is 1. The van der Waals surface area contributed by atoms with Crippen molar-refractivity contribution in [1.29, 1.82) is 0 Å². The van der Waals surface area contributed by atoms with E-state index in [2.05, 4.69) is 44.6 Å². The van der Waals surface area contributed by atoms with Crippen molar-refractivity contribution in [1.82, 2.24) is 19.5 Å². The molecule has 6 rings (SSSR count). The first-order valence-electron chi connectivity index (χ1n) is 11.4. The standard InChI is InChI=1S/C24H23N5/c1-14-9-10-18-16(13-20-27-17-7-5-6-8-19(17)29(18)20)21(14)28-15(2)24(3,4)22-23(28)26-12-11-25-22/h5-12,15H,13H2,1-4H3/i3D3. The molecule has 144 valence electrons. The van der Waals surface area contributed by atoms with E-state index in [0.717, 1.165) is 39.4 Å². The SMILES string of the molecule is [2H]C([2H])([2H])C1(C)c2nccnc2N(c2c(C)ccc3c2Cc2nc4ccccc4n2-3)C1C. The number of fused-ring (bicyclic) bond motifs is 6. The van der Waals surface area contributed by atoms with Crippen LogP contribution in [0.2, 0.25) is 0 Å². The predicted octanol–water partition coefficient (Wildman–Crippen LogP) is 4.85. The fraction of sp³-hybridized carbons (Fsp3) is 0.292. The van der Waals surface area contributed by atoms with Crippen molar-refractivity contribution in [3.8, 4) is 5.69 Å². The van der Waals surface area contributed by atoms with Crippen LogP contribution < -0.4 is 4.90 Å². The van der Waals surface area contributed by atoms with Gasteiger partial charge in [0.1, 0.15) is 5.82 Å². The van der Waals surface area contributed by atoms with Gasteiger partial charge in [-0.25, -0.2) is 9.97 Å². The van der Waals surface area contributed by atoms with Gasteiger partial charge in [0.2, 0.25) is 0 Å². The van der Waals surface area contributed by atoms with Crippen LogP contribution in [0.5, 0.6) is 0 Å². The van der Waals surface area contributed by atoms with Crippen LogP contribution in [0.25, 0.3) is 16.7 Å². The third-order valence-electron chi connectivity index (χ3n) is 6.53. The summed E-state index contributed by atoms with van der Waals surface area (Å²) in [5.41, 5.74) is 5.80. The van der Waals surface area contributed by atoms with Crippen LogP contribution in [-0.2, 0) is 11.8 Å². The Bertz CT molecular complexity index is 1410. The number of aryl methyl sites for hydroxylation is 1. The first-order valence-corrected chi connectivity index (χ1v) is 9.93. The molecule has 2 aromatic carbocycles. The van der Waals surface area contributed by atoms with Crippen molar-refractivity contribution in [3.05, 3.63) is 71.4 Å². The van der Waals surface area contributed by atoms with E-state index in [1.165, 1.54) is 0 Å². The maximum Gasteiger partial charge on any atom is 0.155 e. The van der Waals surface area contributed by atoms with Gasteiger partial charge in [0.15, 0.2) is 5.82 Å². The minimum absolute atomic E-state index is 0.345. The first kappa shape index (κ1) is 13.9. The fourth-order valence-electron chi connectivity index (χ4n) is 4.90. The van der Waals surface area contributed by atoms with Crippen LogP contribution in [0.4, 0.5) is 11.5 Å². The first-order chi connectivity index (χ1) is 15.2. The second-order valence-corrected chi connectivity index (χ2v) is 8.23. The number of aromatic nitrogens is 4. The summed E-state index contributed by atoms with van der Waals surface area (Å²) in [6, 6.07) is 12.1. The molecule has 0 saturated carbocycles. The topological polar surface area (TPSA) is 46.8 Å². The van der Waals surface area contributed by atoms with E-state index >= 15 is 0 Å². The zero-order valence-electron chi connectivity index (χ0n) is 19.6. The summed E-state index contributed by atoms with van der Waals surface area (Å²) in [5, 5.41) is 0. The highest BCUT2D eigenvalue weighted by Gasteiger charge is 2.46. The molecular formula is C24H23N5. The number of benzene rings is 2. The van der Waals surface area contributed by atoms with Crippen molar-refractivity contribution in [2.45, 2.75) is 45.5 Å². The Balaban J connectivity index is 1.60. The summed E-state index contributed by atoms with van der Waals surface area (Å²) >= 11 is 0. The molecule has 0 fully saturated rings. The van der Waals surface area contributed by atoms with Crippen molar-refractivity contribution < 1.29 is 4.11 Å². The highest BCUT2D eigenvalue weighted by Crippen LogP contribution is 2.50. The Morgan fingerprint density at radius 1 is 1.14 bits per heavy atom. The normalized spacial score (nSPS) is 24.0. The van der Waals surface area contributed by atoms with Crippen LogP contribution >= 0.6 is 0 Å². The zero-order chi connectivity index (χ0) is 22.4. The molecule has 0 bridgehead atoms. The molecule has 0 spiro atoms. The van der Waals surface area contributed by atoms with Crippen LogP contribution in [-0.4, -0.2) is 25.6 Å². The van der Waals surface area contributed by atoms with Crippen LogP contribution in [0.3, 0.4) is 0 Å². The van der Waals surface area contributed by atoms with Crippen molar-refractivity contribution in [2.24, 2.45) is 0 Å². The minimum atomic E-state index is -2.22. The maximum atomic E-state index is 8.34. The van der Waals surface area contributed by atoms with E-state index < -0.39 is 12.3 Å². The highest BCUT2D eigenvalue weighted by atomic mass is 15.3. The summed E-state index contributed by atoms with van der Waals surface area (Å²) in [4.78, 5) is 16.1. The number of hydrogen-bond donors (Lipinski definition) is 0. The van der Waals surface area contributed by atoms with E-state index in [4.69, 9.17) is 9.10 Å². The van der Waals surface area contributed by atoms with E-state index in [1.807, 2.05) is 25.1 Å². The molecule has 0 amide bonds. The lowest BCUT2D eigenvalue weighted by Gasteiger charge is -2.32. The summed E-state index contributed by atoms with van der Waals surface area (Å²) in [6.45, 7) is 3.61. The average molecular weight is 385 g/mol. The Kier molecular flexibility index (Phi) is 2.60. The van der Waals surface area contributed by atoms with Gasteiger partial charge in [0, 0.05) is 39.9 Å². The molecule has 0 saturated heterocycles. The summed E-state index contributed by atoms with van der Waals surface area (Å²) in [7, 11) is 0. The second-order valence-electron chi connectivity index (χ2n) is 8.23. The lowest BCUT2D eigenvalue weighted by Crippen LogP contribution is -2.37. The molecule has 0 N–H and O–H groups in total. The van der Waals surface area contributed by atoms with Crippen LogP contribution in [0.15, 0.2) is 48.8 Å². The Labute approximate surface area is 174 Å². The van der Waals surface area contributed by atoms with E-state index in [-0.39, 0.29) is 6.04 Å². The molecule has 2 aliphatic heterocycles. The summed E-state index contributed by atoms with van der Waals surface area (Å²) in [6.07, 6.45) is 3.91. The van der Waals surface area contributed by atoms with Crippen LogP contribution in [0, 0.1) is 6.92 Å². The van der Waals surface area contributed by atoms with Gasteiger partial charge in [0.25, 0.3) is 0 Å². The van der Waals surface area contributed by atoms with Crippen molar-refractivity contribution in [3.63, 3.8) is 0 Å². The van der Waals surface area contributed by atoms with Gasteiger partial charge in [-0.2, -0.15) is 0 Å². The molecule has 4 heterocycles. The van der Waals surface area contributed by atoms with Gasteiger partial charge in [-0.1, -0.05) is 32.0 Å². The van der Waals surface area contributed by atoms with Gasteiger partial charge >= 0.3 is 0 Å². The average Bonchev–Trinajstić information content (AvgIpc) is 3.36. The smallest absolute Gasteiger partial charge is 0.155 e. The van der Waals surface area contributed by atoms with E-state index in [9.17, 15) is 0 Å². The minimum Gasteiger partial charge on any atom is -0.321 e. The number of nitrogens with zero attached hydrogens (tertiary/aromatic N) is 5. The molecule has 0 radical (unpaired) electrons. The van der Waals surface area contributed by atoms with E-state index in [0.29, 0.717) is 17.9 Å². The lowest BCUT2D eigenvalue weighted by atomic mass is 9.84. The molecule has 29 heavy (non-hydrogen) atoms. The summed E-state index contributed by atoms with van der Waals surface area (Å²) in [5.74, 6) is 1.63. The monoisotopic (exact) mass is 384 g/mol. The lowest BCUT2D eigenvalue weighted by molar-refractivity contribution is 0.452. The maximum absolute atomic E-state index is 8.34. The summed E-state index contributed by atoms with van der Waals surface area (Å²) < 4.78 is 27.2. The van der Waals surface area contributed by atoms with Crippen LogP contribution in [0.1, 0.15) is 47.5 Å². The van der Waals surface area contributed by atoms with Crippen molar-refractivity contribution in [2.75, 3.05) is 4.90 Å². The van der Waals surface area contributed by atoms with E-state index in [1.54, 1.807) is 19.3 Å². The number of rotatable bonds is 1. The molecular weight excluding hydrogens is 358 g/mol.